The lowest BCUT2D eigenvalue weighted by molar-refractivity contribution is -0.138. The molecule has 1 unspecified atom stereocenters. The van der Waals surface area contributed by atoms with Crippen molar-refractivity contribution in [3.05, 3.63) is 41.5 Å². The number of allylic oxidation sites excluding steroid dienone is 1. The second kappa shape index (κ2) is 7.97. The maximum absolute atomic E-state index is 12.5. The van der Waals surface area contributed by atoms with E-state index in [1.54, 1.807) is 24.3 Å². The number of hydrogen-bond donors (Lipinski definition) is 2. The fourth-order valence-corrected chi connectivity index (χ4v) is 2.52. The number of aliphatic carboxylic acids is 1. The summed E-state index contributed by atoms with van der Waals surface area (Å²) in [5.74, 6) is -0.691. The Morgan fingerprint density at radius 3 is 2.83 bits per heavy atom. The van der Waals surface area contributed by atoms with Gasteiger partial charge < -0.3 is 19.9 Å². The van der Waals surface area contributed by atoms with Crippen molar-refractivity contribution < 1.29 is 24.2 Å². The molecule has 1 heterocycles. The summed E-state index contributed by atoms with van der Waals surface area (Å²) in [4.78, 5) is 23.6. The van der Waals surface area contributed by atoms with Crippen LogP contribution in [-0.2, 0) is 9.53 Å². The van der Waals surface area contributed by atoms with Crippen LogP contribution in [0.25, 0.3) is 0 Å². The van der Waals surface area contributed by atoms with E-state index in [-0.39, 0.29) is 18.9 Å². The van der Waals surface area contributed by atoms with Gasteiger partial charge in [-0.25, -0.2) is 0 Å². The highest BCUT2D eigenvalue weighted by molar-refractivity contribution is 5.95. The maximum Gasteiger partial charge on any atom is 0.305 e. The summed E-state index contributed by atoms with van der Waals surface area (Å²) in [7, 11) is 0. The normalized spacial score (nSPS) is 19.6. The van der Waals surface area contributed by atoms with Crippen molar-refractivity contribution >= 4 is 11.9 Å². The van der Waals surface area contributed by atoms with E-state index in [1.807, 2.05) is 19.9 Å². The monoisotopic (exact) mass is 333 g/mol. The topological polar surface area (TPSA) is 84.9 Å². The molecule has 1 aliphatic rings. The summed E-state index contributed by atoms with van der Waals surface area (Å²) in [6.45, 7) is 5.06. The molecule has 1 fully saturated rings. The van der Waals surface area contributed by atoms with Crippen molar-refractivity contribution in [2.45, 2.75) is 32.2 Å². The molecule has 130 valence electrons. The Labute approximate surface area is 141 Å². The van der Waals surface area contributed by atoms with E-state index in [2.05, 4.69) is 5.32 Å². The fraction of sp³-hybridized carbons (Fsp3) is 0.444. The lowest BCUT2D eigenvalue weighted by atomic mass is 9.93. The van der Waals surface area contributed by atoms with Crippen molar-refractivity contribution in [3.8, 4) is 5.75 Å². The van der Waals surface area contributed by atoms with Crippen molar-refractivity contribution in [1.29, 1.82) is 0 Å². The van der Waals surface area contributed by atoms with Gasteiger partial charge in [0.25, 0.3) is 5.91 Å². The van der Waals surface area contributed by atoms with Crippen LogP contribution in [0.4, 0.5) is 0 Å². The van der Waals surface area contributed by atoms with Crippen LogP contribution in [0.3, 0.4) is 0 Å². The molecular weight excluding hydrogens is 310 g/mol. The summed E-state index contributed by atoms with van der Waals surface area (Å²) >= 11 is 0. The minimum atomic E-state index is -0.959. The number of carboxylic acids is 1. The molecule has 0 saturated carbocycles. The smallest absolute Gasteiger partial charge is 0.305 e. The maximum atomic E-state index is 12.5. The first-order valence-electron chi connectivity index (χ1n) is 7.88. The molecule has 0 aromatic heterocycles. The number of nitrogens with one attached hydrogen (secondary N) is 1. The van der Waals surface area contributed by atoms with Gasteiger partial charge in [-0.2, -0.15) is 0 Å². The zero-order valence-electron chi connectivity index (χ0n) is 14.0. The number of hydrogen-bond acceptors (Lipinski definition) is 4. The van der Waals surface area contributed by atoms with Crippen LogP contribution < -0.4 is 10.1 Å². The third kappa shape index (κ3) is 5.09. The number of carbonyl (C=O) groups excluding carboxylic acids is 1. The molecule has 2 rings (SSSR count). The summed E-state index contributed by atoms with van der Waals surface area (Å²) in [6.07, 6.45) is 2.28. The van der Waals surface area contributed by atoms with Gasteiger partial charge in [-0.15, -0.1) is 0 Å². The molecule has 1 aromatic carbocycles. The minimum absolute atomic E-state index is 0.157. The van der Waals surface area contributed by atoms with Crippen molar-refractivity contribution in [1.82, 2.24) is 5.32 Å². The molecule has 1 aromatic rings. The highest BCUT2D eigenvalue weighted by atomic mass is 16.5. The van der Waals surface area contributed by atoms with Crippen molar-refractivity contribution in [2.24, 2.45) is 0 Å². The summed E-state index contributed by atoms with van der Waals surface area (Å²) in [5, 5.41) is 11.9. The van der Waals surface area contributed by atoms with E-state index in [0.29, 0.717) is 30.9 Å². The molecule has 0 spiro atoms. The van der Waals surface area contributed by atoms with E-state index in [1.165, 1.54) is 0 Å². The molecule has 6 heteroatoms. The van der Waals surface area contributed by atoms with E-state index in [4.69, 9.17) is 14.6 Å². The predicted molar refractivity (Wildman–Crippen MR) is 89.3 cm³/mol. The minimum Gasteiger partial charge on any atom is -0.490 e. The average Bonchev–Trinajstić information content (AvgIpc) is 2.94. The number of amides is 1. The highest BCUT2D eigenvalue weighted by Crippen LogP contribution is 2.24. The largest absolute Gasteiger partial charge is 0.490 e. The Morgan fingerprint density at radius 1 is 1.42 bits per heavy atom. The van der Waals surface area contributed by atoms with Crippen LogP contribution in [0.5, 0.6) is 5.75 Å². The third-order valence-corrected chi connectivity index (χ3v) is 3.81. The number of benzene rings is 1. The molecule has 1 atom stereocenters. The average molecular weight is 333 g/mol. The summed E-state index contributed by atoms with van der Waals surface area (Å²) in [6, 6.07) is 6.84. The predicted octanol–water partition coefficient (Wildman–Crippen LogP) is 2.40. The lowest BCUT2D eigenvalue weighted by Crippen LogP contribution is -2.50. The Balaban J connectivity index is 2.06. The molecule has 0 aliphatic carbocycles. The standard InChI is InChI=1S/C18H23NO5/c1-13(2)6-8-24-15-5-3-4-14(10-15)17(22)19-18(11-16(20)21)7-9-23-12-18/h3-6,10H,7-9,11-12H2,1-2H3,(H,19,22)(H,20,21). The Bertz CT molecular complexity index is 628. The third-order valence-electron chi connectivity index (χ3n) is 3.81. The summed E-state index contributed by atoms with van der Waals surface area (Å²) in [5.41, 5.74) is 0.740. The molecule has 0 radical (unpaired) electrons. The van der Waals surface area contributed by atoms with Crippen LogP contribution in [-0.4, -0.2) is 42.3 Å². The van der Waals surface area contributed by atoms with Crippen LogP contribution in [0, 0.1) is 0 Å². The van der Waals surface area contributed by atoms with Gasteiger partial charge in [-0.1, -0.05) is 11.6 Å². The second-order valence-electron chi connectivity index (χ2n) is 6.23. The van der Waals surface area contributed by atoms with Crippen LogP contribution in [0.2, 0.25) is 0 Å². The Hall–Kier alpha value is -2.34. The molecule has 1 aliphatic heterocycles. The Kier molecular flexibility index (Phi) is 5.98. The van der Waals surface area contributed by atoms with Gasteiger partial charge in [0.05, 0.1) is 18.6 Å². The van der Waals surface area contributed by atoms with Crippen LogP contribution in [0.15, 0.2) is 35.9 Å². The Morgan fingerprint density at radius 2 is 2.21 bits per heavy atom. The van der Waals surface area contributed by atoms with Crippen molar-refractivity contribution in [3.63, 3.8) is 0 Å². The van der Waals surface area contributed by atoms with E-state index in [9.17, 15) is 9.59 Å². The number of ether oxygens (including phenoxy) is 2. The van der Waals surface area contributed by atoms with Gasteiger partial charge in [-0.05, 0) is 44.5 Å². The van der Waals surface area contributed by atoms with Gasteiger partial charge in [0.1, 0.15) is 12.4 Å². The molecule has 24 heavy (non-hydrogen) atoms. The first kappa shape index (κ1) is 18.0. The number of carbonyl (C=O) groups is 2. The molecule has 1 saturated heterocycles. The van der Waals surface area contributed by atoms with Gasteiger partial charge in [0.2, 0.25) is 0 Å². The first-order valence-corrected chi connectivity index (χ1v) is 7.88. The SMILES string of the molecule is CC(C)=CCOc1cccc(C(=O)NC2(CC(=O)O)CCOC2)c1. The summed E-state index contributed by atoms with van der Waals surface area (Å²) < 4.78 is 10.9. The number of rotatable bonds is 7. The van der Waals surface area contributed by atoms with Gasteiger partial charge in [0, 0.05) is 12.2 Å². The quantitative estimate of drug-likeness (QED) is 0.749. The second-order valence-corrected chi connectivity index (χ2v) is 6.23. The molecule has 2 N–H and O–H groups in total. The van der Waals surface area contributed by atoms with E-state index in [0.717, 1.165) is 5.57 Å². The van der Waals surface area contributed by atoms with Crippen LogP contribution >= 0.6 is 0 Å². The zero-order valence-corrected chi connectivity index (χ0v) is 14.0. The molecular formula is C18H23NO5. The van der Waals surface area contributed by atoms with Crippen LogP contribution in [0.1, 0.15) is 37.0 Å². The van der Waals surface area contributed by atoms with Gasteiger partial charge in [-0.3, -0.25) is 9.59 Å². The highest BCUT2D eigenvalue weighted by Gasteiger charge is 2.38. The van der Waals surface area contributed by atoms with E-state index >= 15 is 0 Å². The number of carboxylic acid groups (broad SMARTS) is 1. The molecule has 6 nitrogen and oxygen atoms in total. The molecule has 0 bridgehead atoms. The van der Waals surface area contributed by atoms with E-state index < -0.39 is 11.5 Å². The van der Waals surface area contributed by atoms with Crippen molar-refractivity contribution in [2.75, 3.05) is 19.8 Å². The molecule has 1 amide bonds. The lowest BCUT2D eigenvalue weighted by Gasteiger charge is -2.27. The fourth-order valence-electron chi connectivity index (χ4n) is 2.52. The zero-order chi connectivity index (χ0) is 17.6. The van der Waals surface area contributed by atoms with Gasteiger partial charge in [0.15, 0.2) is 0 Å². The first-order chi connectivity index (χ1) is 11.4. The van der Waals surface area contributed by atoms with Gasteiger partial charge >= 0.3 is 5.97 Å².